The quantitative estimate of drug-likeness (QED) is 0.729. The summed E-state index contributed by atoms with van der Waals surface area (Å²) < 4.78 is 35.3. The molecule has 1 rings (SSSR count). The molecule has 3 nitrogen and oxygen atoms in total. The number of nitrogens with one attached hydrogen (secondary N) is 1. The van der Waals surface area contributed by atoms with Gasteiger partial charge in [0.1, 0.15) is 6.54 Å². The van der Waals surface area contributed by atoms with Crippen LogP contribution in [-0.2, 0) is 4.79 Å². The average molecular weight is 210 g/mol. The van der Waals surface area contributed by atoms with Gasteiger partial charge in [0.2, 0.25) is 5.91 Å². The van der Waals surface area contributed by atoms with Crippen LogP contribution in [0.3, 0.4) is 0 Å². The van der Waals surface area contributed by atoms with E-state index in [0.717, 1.165) is 13.0 Å². The first-order valence-electron chi connectivity index (χ1n) is 4.45. The van der Waals surface area contributed by atoms with Crippen molar-refractivity contribution >= 4 is 5.91 Å². The summed E-state index contributed by atoms with van der Waals surface area (Å²) in [5.74, 6) is -0.526. The van der Waals surface area contributed by atoms with Gasteiger partial charge in [0.15, 0.2) is 0 Å². The Balaban J connectivity index is 2.35. The number of carbonyl (C=O) groups excluding carboxylic acids is 1. The second kappa shape index (κ2) is 4.16. The van der Waals surface area contributed by atoms with Crippen molar-refractivity contribution in [2.75, 3.05) is 20.1 Å². The molecule has 0 aromatic carbocycles. The number of rotatable bonds is 2. The maximum atomic E-state index is 11.8. The molecule has 0 saturated carbocycles. The van der Waals surface area contributed by atoms with Crippen molar-refractivity contribution in [1.29, 1.82) is 0 Å². The zero-order chi connectivity index (χ0) is 10.8. The number of halogens is 3. The molecule has 1 unspecified atom stereocenters. The number of nitrogens with zero attached hydrogens (tertiary/aromatic N) is 1. The molecule has 1 N–H and O–H groups in total. The number of carbonyl (C=O) groups is 1. The molecule has 0 bridgehead atoms. The van der Waals surface area contributed by atoms with Crippen LogP contribution < -0.4 is 5.32 Å². The van der Waals surface area contributed by atoms with Crippen LogP contribution in [0.4, 0.5) is 13.2 Å². The summed E-state index contributed by atoms with van der Waals surface area (Å²) >= 11 is 0. The molecule has 0 aliphatic carbocycles. The zero-order valence-electron chi connectivity index (χ0n) is 7.90. The van der Waals surface area contributed by atoms with E-state index in [4.69, 9.17) is 0 Å². The lowest BCUT2D eigenvalue weighted by Gasteiger charge is -2.19. The highest BCUT2D eigenvalue weighted by atomic mass is 19.4. The molecule has 1 atom stereocenters. The molecular weight excluding hydrogens is 197 g/mol. The Labute approximate surface area is 80.3 Å². The van der Waals surface area contributed by atoms with Crippen molar-refractivity contribution in [2.45, 2.75) is 25.1 Å². The maximum Gasteiger partial charge on any atom is 0.405 e. The van der Waals surface area contributed by atoms with E-state index >= 15 is 0 Å². The van der Waals surface area contributed by atoms with Gasteiger partial charge in [-0.3, -0.25) is 9.69 Å². The van der Waals surface area contributed by atoms with E-state index in [1.807, 2.05) is 5.32 Å². The minimum Gasteiger partial charge on any atom is -0.346 e. The van der Waals surface area contributed by atoms with Crippen molar-refractivity contribution < 1.29 is 18.0 Å². The molecule has 1 aliphatic heterocycles. The smallest absolute Gasteiger partial charge is 0.346 e. The molecular formula is C8H13F3N2O. The predicted octanol–water partition coefficient (Wildman–Crippen LogP) is 0.759. The number of hydrogen-bond donors (Lipinski definition) is 1. The molecule has 1 heterocycles. The van der Waals surface area contributed by atoms with Crippen molar-refractivity contribution in [3.63, 3.8) is 0 Å². The fourth-order valence-corrected chi connectivity index (χ4v) is 1.55. The van der Waals surface area contributed by atoms with E-state index in [1.165, 1.54) is 0 Å². The molecule has 1 amide bonds. The lowest BCUT2D eigenvalue weighted by atomic mass is 10.2. The zero-order valence-corrected chi connectivity index (χ0v) is 7.90. The van der Waals surface area contributed by atoms with Crippen LogP contribution in [0.25, 0.3) is 0 Å². The van der Waals surface area contributed by atoms with Gasteiger partial charge in [-0.25, -0.2) is 0 Å². The van der Waals surface area contributed by atoms with Gasteiger partial charge in [-0.05, 0) is 26.4 Å². The molecule has 0 aromatic heterocycles. The highest BCUT2D eigenvalue weighted by Crippen LogP contribution is 2.16. The van der Waals surface area contributed by atoms with Crippen molar-refractivity contribution in [1.82, 2.24) is 10.2 Å². The van der Waals surface area contributed by atoms with E-state index < -0.39 is 24.7 Å². The van der Waals surface area contributed by atoms with Gasteiger partial charge in [0.05, 0.1) is 6.04 Å². The summed E-state index contributed by atoms with van der Waals surface area (Å²) in [5, 5.41) is 1.89. The minimum atomic E-state index is -4.33. The standard InChI is InChI=1S/C8H13F3N2O/c1-13-4-2-3-6(13)7(14)12-5-8(9,10)11/h6H,2-5H2,1H3,(H,12,14). The third-order valence-corrected chi connectivity index (χ3v) is 2.29. The molecule has 0 spiro atoms. The Morgan fingerprint density at radius 3 is 2.64 bits per heavy atom. The topological polar surface area (TPSA) is 32.3 Å². The summed E-state index contributed by atoms with van der Waals surface area (Å²) in [5.41, 5.74) is 0. The first-order chi connectivity index (χ1) is 6.40. The Morgan fingerprint density at radius 2 is 2.21 bits per heavy atom. The monoisotopic (exact) mass is 210 g/mol. The first kappa shape index (κ1) is 11.3. The molecule has 0 aromatic rings. The third-order valence-electron chi connectivity index (χ3n) is 2.29. The highest BCUT2D eigenvalue weighted by molar-refractivity contribution is 5.82. The lowest BCUT2D eigenvalue weighted by Crippen LogP contribution is -2.44. The normalized spacial score (nSPS) is 23.9. The van der Waals surface area contributed by atoms with Crippen molar-refractivity contribution in [3.05, 3.63) is 0 Å². The van der Waals surface area contributed by atoms with Crippen molar-refractivity contribution in [3.8, 4) is 0 Å². The fourth-order valence-electron chi connectivity index (χ4n) is 1.55. The Morgan fingerprint density at radius 1 is 1.57 bits per heavy atom. The van der Waals surface area contributed by atoms with Crippen LogP contribution >= 0.6 is 0 Å². The van der Waals surface area contributed by atoms with Gasteiger partial charge in [0.25, 0.3) is 0 Å². The van der Waals surface area contributed by atoms with Gasteiger partial charge in [-0.2, -0.15) is 13.2 Å². The summed E-state index contributed by atoms with van der Waals surface area (Å²) in [7, 11) is 1.74. The molecule has 0 radical (unpaired) electrons. The predicted molar refractivity (Wildman–Crippen MR) is 44.7 cm³/mol. The maximum absolute atomic E-state index is 11.8. The van der Waals surface area contributed by atoms with Crippen LogP contribution in [0.5, 0.6) is 0 Å². The minimum absolute atomic E-state index is 0.391. The molecule has 1 saturated heterocycles. The van der Waals surface area contributed by atoms with E-state index in [0.29, 0.717) is 6.42 Å². The lowest BCUT2D eigenvalue weighted by molar-refractivity contribution is -0.140. The van der Waals surface area contributed by atoms with Gasteiger partial charge < -0.3 is 5.32 Å². The van der Waals surface area contributed by atoms with Crippen molar-refractivity contribution in [2.24, 2.45) is 0 Å². The summed E-state index contributed by atoms with van der Waals surface area (Å²) in [4.78, 5) is 13.0. The van der Waals surface area contributed by atoms with Crippen LogP contribution in [0.2, 0.25) is 0 Å². The third kappa shape index (κ3) is 3.17. The summed E-state index contributed by atoms with van der Waals surface area (Å²) in [6, 6.07) is -0.391. The number of likely N-dealkylation sites (N-methyl/N-ethyl adjacent to an activating group) is 1. The second-order valence-corrected chi connectivity index (χ2v) is 3.47. The van der Waals surface area contributed by atoms with Gasteiger partial charge in [0, 0.05) is 0 Å². The van der Waals surface area contributed by atoms with E-state index in [1.54, 1.807) is 11.9 Å². The average Bonchev–Trinajstić information content (AvgIpc) is 2.46. The molecule has 1 fully saturated rings. The first-order valence-corrected chi connectivity index (χ1v) is 4.45. The van der Waals surface area contributed by atoms with Crippen LogP contribution in [0, 0.1) is 0 Å². The number of alkyl halides is 3. The highest BCUT2D eigenvalue weighted by Gasteiger charge is 2.32. The Kier molecular flexibility index (Phi) is 3.36. The largest absolute Gasteiger partial charge is 0.405 e. The van der Waals surface area contributed by atoms with Crippen LogP contribution in [0.15, 0.2) is 0 Å². The molecule has 6 heteroatoms. The van der Waals surface area contributed by atoms with Gasteiger partial charge >= 0.3 is 6.18 Å². The van der Waals surface area contributed by atoms with E-state index in [9.17, 15) is 18.0 Å². The molecule has 1 aliphatic rings. The molecule has 82 valence electrons. The van der Waals surface area contributed by atoms with Gasteiger partial charge in [-0.15, -0.1) is 0 Å². The van der Waals surface area contributed by atoms with E-state index in [2.05, 4.69) is 0 Å². The molecule has 14 heavy (non-hydrogen) atoms. The number of amides is 1. The fraction of sp³-hybridized carbons (Fsp3) is 0.875. The Bertz CT molecular complexity index is 217. The Hall–Kier alpha value is -0.780. The van der Waals surface area contributed by atoms with Crippen LogP contribution in [-0.4, -0.2) is 43.2 Å². The summed E-state index contributed by atoms with van der Waals surface area (Å²) in [6.45, 7) is -0.472. The second-order valence-electron chi connectivity index (χ2n) is 3.47. The van der Waals surface area contributed by atoms with E-state index in [-0.39, 0.29) is 0 Å². The van der Waals surface area contributed by atoms with Crippen LogP contribution in [0.1, 0.15) is 12.8 Å². The number of hydrogen-bond acceptors (Lipinski definition) is 2. The number of likely N-dealkylation sites (tertiary alicyclic amines) is 1. The summed E-state index contributed by atoms with van der Waals surface area (Å²) in [6.07, 6.45) is -2.83. The van der Waals surface area contributed by atoms with Gasteiger partial charge in [-0.1, -0.05) is 0 Å². The SMILES string of the molecule is CN1CCCC1C(=O)NCC(F)(F)F.